The summed E-state index contributed by atoms with van der Waals surface area (Å²) in [4.78, 5) is 37.2. The van der Waals surface area contributed by atoms with E-state index in [1.165, 1.54) is 0 Å². The molecule has 8 nitrogen and oxygen atoms in total. The van der Waals surface area contributed by atoms with Crippen molar-refractivity contribution in [3.05, 3.63) is 32.6 Å². The van der Waals surface area contributed by atoms with Gasteiger partial charge in [0.25, 0.3) is 5.56 Å². The molecule has 1 aromatic rings. The van der Waals surface area contributed by atoms with E-state index in [9.17, 15) is 24.6 Å². The first-order valence-electron chi connectivity index (χ1n) is 4.94. The van der Waals surface area contributed by atoms with E-state index in [2.05, 4.69) is 10.3 Å². The van der Waals surface area contributed by atoms with E-state index in [0.29, 0.717) is 6.29 Å². The molecule has 0 aromatic carbocycles. The molecule has 1 fully saturated rings. The Morgan fingerprint density at radius 2 is 1.94 bits per heavy atom. The highest BCUT2D eigenvalue weighted by Gasteiger charge is 2.42. The summed E-state index contributed by atoms with van der Waals surface area (Å²) in [6, 6.07) is -1.85. The zero-order valence-electron chi connectivity index (χ0n) is 8.58. The SMILES string of the molecule is O=C[C@H]1N[C@@H](c2c[nH]c(=O)[nH]c2=O)[C@H](O)[C@@H]1O. The number of aldehydes is 1. The van der Waals surface area contributed by atoms with Crippen molar-refractivity contribution in [3.8, 4) is 0 Å². The summed E-state index contributed by atoms with van der Waals surface area (Å²) in [5.74, 6) is 0. The van der Waals surface area contributed by atoms with Crippen LogP contribution in [0.25, 0.3) is 0 Å². The van der Waals surface area contributed by atoms with Gasteiger partial charge >= 0.3 is 5.69 Å². The van der Waals surface area contributed by atoms with Crippen molar-refractivity contribution in [3.63, 3.8) is 0 Å². The molecule has 1 saturated heterocycles. The van der Waals surface area contributed by atoms with Crippen molar-refractivity contribution in [2.45, 2.75) is 24.3 Å². The summed E-state index contributed by atoms with van der Waals surface area (Å²) < 4.78 is 0. The van der Waals surface area contributed by atoms with Gasteiger partial charge in [-0.3, -0.25) is 15.1 Å². The van der Waals surface area contributed by atoms with Gasteiger partial charge in [0.15, 0.2) is 0 Å². The minimum atomic E-state index is -1.29. The maximum Gasteiger partial charge on any atom is 0.325 e. The van der Waals surface area contributed by atoms with Gasteiger partial charge in [0.05, 0.1) is 17.6 Å². The van der Waals surface area contributed by atoms with Crippen LogP contribution in [0.5, 0.6) is 0 Å². The molecular formula is C9H11N3O5. The third-order valence-electron chi connectivity index (χ3n) is 2.76. The summed E-state index contributed by atoms with van der Waals surface area (Å²) in [6.45, 7) is 0. The zero-order valence-corrected chi connectivity index (χ0v) is 8.58. The predicted octanol–water partition coefficient (Wildman–Crippen LogP) is -3.00. The standard InChI is InChI=1S/C9H11N3O5/c13-2-4-6(14)7(15)5(11-4)3-1-10-9(17)12-8(3)16/h1-2,4-7,11,14-15H,(H2,10,12,16,17)/t4-,5+,6-,7+/m1/s1. The first kappa shape index (κ1) is 11.7. The average molecular weight is 241 g/mol. The number of aliphatic hydroxyl groups excluding tert-OH is 2. The Hall–Kier alpha value is -1.77. The van der Waals surface area contributed by atoms with Crippen LogP contribution in [0, 0.1) is 0 Å². The Labute approximate surface area is 94.3 Å². The van der Waals surface area contributed by atoms with Crippen LogP contribution < -0.4 is 16.6 Å². The molecule has 2 rings (SSSR count). The minimum absolute atomic E-state index is 0.0560. The lowest BCUT2D eigenvalue weighted by atomic mass is 10.0. The van der Waals surface area contributed by atoms with Crippen LogP contribution in [-0.4, -0.2) is 44.7 Å². The third kappa shape index (κ3) is 1.93. The molecule has 1 aromatic heterocycles. The average Bonchev–Trinajstić information content (AvgIpc) is 2.57. The Bertz CT molecular complexity index is 536. The Morgan fingerprint density at radius 3 is 2.47 bits per heavy atom. The quantitative estimate of drug-likeness (QED) is 0.350. The number of carbonyl (C=O) groups is 1. The summed E-state index contributed by atoms with van der Waals surface area (Å²) in [7, 11) is 0. The lowest BCUT2D eigenvalue weighted by Crippen LogP contribution is -2.34. The van der Waals surface area contributed by atoms with E-state index in [4.69, 9.17) is 0 Å². The summed E-state index contributed by atoms with van der Waals surface area (Å²) >= 11 is 0. The van der Waals surface area contributed by atoms with Gasteiger partial charge in [-0.2, -0.15) is 0 Å². The van der Waals surface area contributed by atoms with Crippen molar-refractivity contribution in [1.29, 1.82) is 0 Å². The molecule has 0 unspecified atom stereocenters. The number of carbonyl (C=O) groups excluding carboxylic acids is 1. The number of nitrogens with one attached hydrogen (secondary N) is 3. The first-order valence-corrected chi connectivity index (χ1v) is 4.94. The predicted molar refractivity (Wildman–Crippen MR) is 55.4 cm³/mol. The Kier molecular flexibility index (Phi) is 2.92. The van der Waals surface area contributed by atoms with Crippen LogP contribution in [-0.2, 0) is 4.79 Å². The lowest BCUT2D eigenvalue weighted by Gasteiger charge is -2.14. The molecule has 0 amide bonds. The highest BCUT2D eigenvalue weighted by molar-refractivity contribution is 5.60. The molecular weight excluding hydrogens is 230 g/mol. The van der Waals surface area contributed by atoms with Gasteiger partial charge in [0.2, 0.25) is 0 Å². The smallest absolute Gasteiger partial charge is 0.325 e. The molecule has 0 bridgehead atoms. The topological polar surface area (TPSA) is 135 Å². The molecule has 2 heterocycles. The molecule has 4 atom stereocenters. The van der Waals surface area contributed by atoms with Crippen LogP contribution in [0.2, 0.25) is 0 Å². The van der Waals surface area contributed by atoms with Crippen LogP contribution in [0.4, 0.5) is 0 Å². The van der Waals surface area contributed by atoms with Crippen molar-refractivity contribution < 1.29 is 15.0 Å². The van der Waals surface area contributed by atoms with E-state index < -0.39 is 35.5 Å². The maximum absolute atomic E-state index is 11.5. The highest BCUT2D eigenvalue weighted by atomic mass is 16.3. The van der Waals surface area contributed by atoms with Crippen molar-refractivity contribution in [2.24, 2.45) is 0 Å². The van der Waals surface area contributed by atoms with Gasteiger partial charge in [0, 0.05) is 6.20 Å². The molecule has 17 heavy (non-hydrogen) atoms. The Morgan fingerprint density at radius 1 is 1.24 bits per heavy atom. The van der Waals surface area contributed by atoms with Crippen LogP contribution in [0.1, 0.15) is 11.6 Å². The maximum atomic E-state index is 11.5. The van der Waals surface area contributed by atoms with Gasteiger partial charge in [-0.15, -0.1) is 0 Å². The number of hydrogen-bond acceptors (Lipinski definition) is 6. The van der Waals surface area contributed by atoms with E-state index in [0.717, 1.165) is 6.20 Å². The third-order valence-corrected chi connectivity index (χ3v) is 2.76. The van der Waals surface area contributed by atoms with E-state index in [-0.39, 0.29) is 5.56 Å². The summed E-state index contributed by atoms with van der Waals surface area (Å²) in [5.41, 5.74) is -1.29. The highest BCUT2D eigenvalue weighted by Crippen LogP contribution is 2.24. The first-order chi connectivity index (χ1) is 8.04. The van der Waals surface area contributed by atoms with E-state index in [1.54, 1.807) is 0 Å². The van der Waals surface area contributed by atoms with Crippen molar-refractivity contribution in [2.75, 3.05) is 0 Å². The molecule has 0 spiro atoms. The molecule has 92 valence electrons. The molecule has 0 radical (unpaired) electrons. The number of aromatic amines is 2. The summed E-state index contributed by atoms with van der Waals surface area (Å²) in [5, 5.41) is 21.8. The monoisotopic (exact) mass is 241 g/mol. The second-order valence-corrected chi connectivity index (χ2v) is 3.81. The molecule has 1 aliphatic rings. The summed E-state index contributed by atoms with van der Waals surface area (Å²) in [6.07, 6.45) is -0.989. The number of aromatic nitrogens is 2. The van der Waals surface area contributed by atoms with E-state index >= 15 is 0 Å². The fourth-order valence-corrected chi connectivity index (χ4v) is 1.86. The fourth-order valence-electron chi connectivity index (χ4n) is 1.86. The Balaban J connectivity index is 2.38. The number of aliphatic hydroxyl groups is 2. The van der Waals surface area contributed by atoms with Crippen LogP contribution >= 0.6 is 0 Å². The molecule has 0 saturated carbocycles. The number of hydrogen-bond donors (Lipinski definition) is 5. The molecule has 1 aliphatic heterocycles. The van der Waals surface area contributed by atoms with Gasteiger partial charge < -0.3 is 20.0 Å². The van der Waals surface area contributed by atoms with E-state index in [1.807, 2.05) is 4.98 Å². The van der Waals surface area contributed by atoms with Crippen molar-refractivity contribution in [1.82, 2.24) is 15.3 Å². The minimum Gasteiger partial charge on any atom is -0.388 e. The van der Waals surface area contributed by atoms with Crippen LogP contribution in [0.3, 0.4) is 0 Å². The second kappa shape index (κ2) is 4.24. The second-order valence-electron chi connectivity index (χ2n) is 3.81. The normalized spacial score (nSPS) is 32.6. The van der Waals surface area contributed by atoms with Gasteiger partial charge in [0.1, 0.15) is 18.5 Å². The molecule has 0 aliphatic carbocycles. The van der Waals surface area contributed by atoms with Crippen molar-refractivity contribution >= 4 is 6.29 Å². The van der Waals surface area contributed by atoms with Crippen LogP contribution in [0.15, 0.2) is 15.8 Å². The lowest BCUT2D eigenvalue weighted by molar-refractivity contribution is -0.111. The fraction of sp³-hybridized carbons (Fsp3) is 0.444. The van der Waals surface area contributed by atoms with Gasteiger partial charge in [-0.1, -0.05) is 0 Å². The van der Waals surface area contributed by atoms with Gasteiger partial charge in [-0.25, -0.2) is 4.79 Å². The molecule has 8 heteroatoms. The van der Waals surface area contributed by atoms with Gasteiger partial charge in [-0.05, 0) is 0 Å². The number of rotatable bonds is 2. The zero-order chi connectivity index (χ0) is 12.6. The largest absolute Gasteiger partial charge is 0.388 e. The molecule has 5 N–H and O–H groups in total. The number of H-pyrrole nitrogens is 2.